The summed E-state index contributed by atoms with van der Waals surface area (Å²) in [5.41, 5.74) is 0. The molecule has 6 nitrogen and oxygen atoms in total. The van der Waals surface area contributed by atoms with Crippen molar-refractivity contribution in [2.24, 2.45) is 0 Å². The normalized spacial score (nSPS) is 17.4. The van der Waals surface area contributed by atoms with Crippen molar-refractivity contribution in [3.63, 3.8) is 0 Å². The van der Waals surface area contributed by atoms with Crippen LogP contribution in [0.25, 0.3) is 0 Å². The van der Waals surface area contributed by atoms with E-state index in [9.17, 15) is 19.5 Å². The van der Waals surface area contributed by atoms with Crippen LogP contribution in [0.1, 0.15) is 96.8 Å². The predicted octanol–water partition coefficient (Wildman–Crippen LogP) is 4.42. The van der Waals surface area contributed by atoms with E-state index in [2.05, 4.69) is 13.5 Å². The summed E-state index contributed by atoms with van der Waals surface area (Å²) in [6.45, 7) is 5.18. The zero-order valence-corrected chi connectivity index (χ0v) is 18.0. The lowest BCUT2D eigenvalue weighted by Crippen LogP contribution is -2.37. The molecule has 1 aliphatic heterocycles. The fourth-order valence-corrected chi connectivity index (χ4v) is 3.41. The van der Waals surface area contributed by atoms with Gasteiger partial charge in [-0.25, -0.2) is 0 Å². The van der Waals surface area contributed by atoms with Crippen LogP contribution in [-0.4, -0.2) is 41.5 Å². The van der Waals surface area contributed by atoms with E-state index in [1.165, 1.54) is 64.2 Å². The number of aliphatic hydroxyl groups is 1. The molecule has 1 heterocycles. The second kappa shape index (κ2) is 15.2. The maximum absolute atomic E-state index is 11.7. The molecule has 2 atom stereocenters. The summed E-state index contributed by atoms with van der Waals surface area (Å²) in [6.07, 6.45) is 13.6. The molecule has 0 bridgehead atoms. The number of unbranched alkanes of at least 4 members (excludes halogenated alkanes) is 12. The predicted molar refractivity (Wildman–Crippen MR) is 111 cm³/mol. The summed E-state index contributed by atoms with van der Waals surface area (Å²) in [7, 11) is 0. The molecule has 0 aromatic heterocycles. The van der Waals surface area contributed by atoms with E-state index in [-0.39, 0.29) is 18.8 Å². The molecule has 1 fully saturated rings. The van der Waals surface area contributed by atoms with E-state index < -0.39 is 29.7 Å². The van der Waals surface area contributed by atoms with Crippen LogP contribution in [0, 0.1) is 0 Å². The zero-order valence-electron chi connectivity index (χ0n) is 18.0. The Hall–Kier alpha value is -1.69. The van der Waals surface area contributed by atoms with Crippen LogP contribution in [0.3, 0.4) is 0 Å². The van der Waals surface area contributed by atoms with Crippen molar-refractivity contribution < 1.29 is 29.0 Å². The number of aliphatic hydroxyl groups excluding tert-OH is 1. The molecule has 166 valence electrons. The van der Waals surface area contributed by atoms with Gasteiger partial charge < -0.3 is 14.6 Å². The standard InChI is InChI=1S/C23H38O6/c1-3-4-5-6-7-8-9-10-11-12-13-14-15-16-20(25)28-17-19(24)23-22(27)21(26)18(2)29-23/h19,23-24H,2-17H2,1H3/t19-,23+/m0/s1. The SMILES string of the molecule is C=C1O[C@H]([C@@H](O)COC(=O)CCCCCCCCCCCCCCC)C(=O)C1=O. The Labute approximate surface area is 175 Å². The van der Waals surface area contributed by atoms with Crippen molar-refractivity contribution >= 4 is 17.5 Å². The fourth-order valence-electron chi connectivity index (χ4n) is 3.41. The van der Waals surface area contributed by atoms with E-state index in [1.54, 1.807) is 0 Å². The molecular weight excluding hydrogens is 372 g/mol. The van der Waals surface area contributed by atoms with Crippen LogP contribution in [-0.2, 0) is 23.9 Å². The third kappa shape index (κ3) is 10.6. The Morgan fingerprint density at radius 3 is 1.90 bits per heavy atom. The van der Waals surface area contributed by atoms with Crippen LogP contribution >= 0.6 is 0 Å². The maximum atomic E-state index is 11.7. The van der Waals surface area contributed by atoms with Crippen molar-refractivity contribution in [1.29, 1.82) is 0 Å². The summed E-state index contributed by atoms with van der Waals surface area (Å²) in [5.74, 6) is -2.39. The number of allylic oxidation sites excluding steroid dienone is 1. The van der Waals surface area contributed by atoms with Crippen molar-refractivity contribution in [1.82, 2.24) is 0 Å². The number of carbonyl (C=O) groups excluding carboxylic acids is 3. The topological polar surface area (TPSA) is 89.9 Å². The van der Waals surface area contributed by atoms with Gasteiger partial charge in [0.05, 0.1) is 0 Å². The van der Waals surface area contributed by atoms with Gasteiger partial charge in [0.2, 0.25) is 5.78 Å². The summed E-state index contributed by atoms with van der Waals surface area (Å²) in [5, 5.41) is 9.87. The summed E-state index contributed by atoms with van der Waals surface area (Å²) >= 11 is 0. The van der Waals surface area contributed by atoms with Gasteiger partial charge in [0.15, 0.2) is 11.9 Å². The number of rotatable bonds is 17. The minimum absolute atomic E-state index is 0.280. The Balaban J connectivity index is 1.92. The molecule has 0 amide bonds. The van der Waals surface area contributed by atoms with Gasteiger partial charge in [-0.15, -0.1) is 0 Å². The highest BCUT2D eigenvalue weighted by atomic mass is 16.6. The first-order valence-corrected chi connectivity index (χ1v) is 11.2. The number of carbonyl (C=O) groups is 3. The average Bonchev–Trinajstić information content (AvgIpc) is 2.97. The van der Waals surface area contributed by atoms with E-state index in [0.717, 1.165) is 19.3 Å². The van der Waals surface area contributed by atoms with Gasteiger partial charge >= 0.3 is 5.97 Å². The molecule has 29 heavy (non-hydrogen) atoms. The first kappa shape index (κ1) is 25.3. The van der Waals surface area contributed by atoms with Gasteiger partial charge in [0, 0.05) is 6.42 Å². The van der Waals surface area contributed by atoms with E-state index >= 15 is 0 Å². The molecule has 1 N–H and O–H groups in total. The fraction of sp³-hybridized carbons (Fsp3) is 0.783. The number of esters is 1. The number of hydrogen-bond donors (Lipinski definition) is 1. The molecule has 1 aliphatic rings. The Morgan fingerprint density at radius 1 is 0.966 bits per heavy atom. The van der Waals surface area contributed by atoms with E-state index in [4.69, 9.17) is 9.47 Å². The number of hydrogen-bond acceptors (Lipinski definition) is 6. The minimum atomic E-state index is -1.36. The smallest absolute Gasteiger partial charge is 0.305 e. The van der Waals surface area contributed by atoms with Crippen molar-refractivity contribution in [3.05, 3.63) is 12.3 Å². The monoisotopic (exact) mass is 410 g/mol. The molecule has 6 heteroatoms. The molecule has 0 unspecified atom stereocenters. The van der Waals surface area contributed by atoms with Crippen LogP contribution in [0.2, 0.25) is 0 Å². The third-order valence-electron chi connectivity index (χ3n) is 5.25. The van der Waals surface area contributed by atoms with Gasteiger partial charge in [0.25, 0.3) is 5.78 Å². The maximum Gasteiger partial charge on any atom is 0.305 e. The summed E-state index contributed by atoms with van der Waals surface area (Å²) in [6, 6.07) is 0. The zero-order chi connectivity index (χ0) is 21.5. The van der Waals surface area contributed by atoms with Crippen LogP contribution in [0.15, 0.2) is 12.3 Å². The van der Waals surface area contributed by atoms with Gasteiger partial charge in [-0.2, -0.15) is 0 Å². The highest BCUT2D eigenvalue weighted by molar-refractivity contribution is 6.46. The molecule has 0 aromatic carbocycles. The lowest BCUT2D eigenvalue weighted by molar-refractivity contribution is -0.151. The number of ether oxygens (including phenoxy) is 2. The summed E-state index contributed by atoms with van der Waals surface area (Å²) in [4.78, 5) is 34.6. The second-order valence-corrected chi connectivity index (χ2v) is 7.90. The number of Topliss-reactive ketones (excluding diaryl/α,β-unsaturated/α-hetero) is 2. The van der Waals surface area contributed by atoms with Crippen LogP contribution in [0.5, 0.6) is 0 Å². The summed E-state index contributed by atoms with van der Waals surface area (Å²) < 4.78 is 9.91. The molecule has 1 rings (SSSR count). The number of ketones is 2. The Kier molecular flexibility index (Phi) is 13.3. The quantitative estimate of drug-likeness (QED) is 0.165. The van der Waals surface area contributed by atoms with E-state index in [0.29, 0.717) is 0 Å². The molecule has 0 saturated carbocycles. The van der Waals surface area contributed by atoms with Gasteiger partial charge in [-0.3, -0.25) is 14.4 Å². The van der Waals surface area contributed by atoms with Crippen molar-refractivity contribution in [3.8, 4) is 0 Å². The van der Waals surface area contributed by atoms with Gasteiger partial charge in [-0.05, 0) is 6.42 Å². The van der Waals surface area contributed by atoms with Gasteiger partial charge in [-0.1, -0.05) is 90.6 Å². The van der Waals surface area contributed by atoms with E-state index in [1.807, 2.05) is 0 Å². The lowest BCUT2D eigenvalue weighted by atomic mass is 10.0. The molecule has 0 spiro atoms. The average molecular weight is 411 g/mol. The molecule has 0 aliphatic carbocycles. The van der Waals surface area contributed by atoms with Crippen molar-refractivity contribution in [2.75, 3.05) is 6.61 Å². The second-order valence-electron chi connectivity index (χ2n) is 7.90. The van der Waals surface area contributed by atoms with Crippen LogP contribution in [0.4, 0.5) is 0 Å². The largest absolute Gasteiger partial charge is 0.476 e. The third-order valence-corrected chi connectivity index (χ3v) is 5.25. The first-order valence-electron chi connectivity index (χ1n) is 11.2. The highest BCUT2D eigenvalue weighted by Gasteiger charge is 2.42. The molecule has 0 aromatic rings. The van der Waals surface area contributed by atoms with Gasteiger partial charge in [0.1, 0.15) is 12.7 Å². The molecule has 1 saturated heterocycles. The van der Waals surface area contributed by atoms with Crippen LogP contribution < -0.4 is 0 Å². The molecular formula is C23H38O6. The molecule has 0 radical (unpaired) electrons. The van der Waals surface area contributed by atoms with Crippen molar-refractivity contribution in [2.45, 2.75) is 109 Å². The highest BCUT2D eigenvalue weighted by Crippen LogP contribution is 2.18. The Bertz CT molecular complexity index is 527. The lowest BCUT2D eigenvalue weighted by Gasteiger charge is -2.15. The Morgan fingerprint density at radius 2 is 1.45 bits per heavy atom. The minimum Gasteiger partial charge on any atom is -0.476 e. The first-order chi connectivity index (χ1) is 14.0.